The molecule has 0 spiro atoms. The first-order valence-corrected chi connectivity index (χ1v) is 22.2. The Morgan fingerprint density at radius 2 is 1.50 bits per heavy atom. The lowest BCUT2D eigenvalue weighted by atomic mass is 9.91. The Hall–Kier alpha value is -4.90. The normalized spacial score (nSPS) is 18.5. The van der Waals surface area contributed by atoms with Gasteiger partial charge < -0.3 is 34.2 Å². The zero-order valence-corrected chi connectivity index (χ0v) is 36.3. The summed E-state index contributed by atoms with van der Waals surface area (Å²) in [6.45, 7) is 23.9. The lowest BCUT2D eigenvalue weighted by Crippen LogP contribution is -2.63. The molecule has 2 aliphatic rings. The third-order valence-corrected chi connectivity index (χ3v) is 14.6. The molecule has 1 saturated heterocycles. The zero-order chi connectivity index (χ0) is 43.1. The number of hydrogen-bond acceptors (Lipinski definition) is 10. The van der Waals surface area contributed by atoms with Gasteiger partial charge in [0.05, 0.1) is 47.6 Å². The van der Waals surface area contributed by atoms with Crippen LogP contribution in [0.3, 0.4) is 0 Å². The first kappa shape index (κ1) is 44.2. The first-order valence-electron chi connectivity index (χ1n) is 19.3. The number of nitrogens with zero attached hydrogens (tertiary/aromatic N) is 3. The van der Waals surface area contributed by atoms with E-state index < -0.39 is 89.8 Å². The van der Waals surface area contributed by atoms with E-state index in [1.165, 1.54) is 6.20 Å². The van der Waals surface area contributed by atoms with Crippen molar-refractivity contribution in [2.24, 2.45) is 5.92 Å². The number of halogens is 3. The van der Waals surface area contributed by atoms with Crippen molar-refractivity contribution < 1.29 is 46.2 Å². The van der Waals surface area contributed by atoms with E-state index in [4.69, 9.17) is 18.6 Å². The number of pyridine rings is 2. The zero-order valence-electron chi connectivity index (χ0n) is 35.3. The minimum Gasteiger partial charge on any atom is -0.477 e. The van der Waals surface area contributed by atoms with Gasteiger partial charge in [0, 0.05) is 37.1 Å². The predicted octanol–water partition coefficient (Wildman–Crippen LogP) is 8.83. The average Bonchev–Trinajstić information content (AvgIpc) is 3.53. The number of hydrogen-bond donors (Lipinski definition) is 3. The summed E-state index contributed by atoms with van der Waals surface area (Å²) in [6, 6.07) is 3.17. The lowest BCUT2D eigenvalue weighted by molar-refractivity contribution is 0.0336. The summed E-state index contributed by atoms with van der Waals surface area (Å²) < 4.78 is 69.4. The molecule has 2 aromatic heterocycles. The molecule has 3 amide bonds. The molecule has 2 aliphatic heterocycles. The number of ether oxygens (including phenoxy) is 3. The fourth-order valence-electron chi connectivity index (χ4n) is 6.58. The minimum atomic E-state index is -2.35. The van der Waals surface area contributed by atoms with E-state index in [-0.39, 0.29) is 23.2 Å². The summed E-state index contributed by atoms with van der Waals surface area (Å²) in [4.78, 5) is 51.2. The number of alkyl carbamates (subject to hydrolysis) is 1. The summed E-state index contributed by atoms with van der Waals surface area (Å²) in [7, 11) is -2.35. The lowest BCUT2D eigenvalue weighted by Gasteiger charge is -2.49. The number of carbonyl (C=O) groups excluding carboxylic acids is 3. The van der Waals surface area contributed by atoms with Gasteiger partial charge in [-0.1, -0.05) is 33.8 Å². The Morgan fingerprint density at radius 1 is 0.879 bits per heavy atom. The van der Waals surface area contributed by atoms with E-state index in [0.717, 1.165) is 24.3 Å². The van der Waals surface area contributed by atoms with Crippen molar-refractivity contribution in [1.82, 2.24) is 15.3 Å². The number of carbonyl (C=O) groups is 3. The van der Waals surface area contributed by atoms with Gasteiger partial charge in [-0.05, 0) is 71.8 Å². The number of rotatable bonds is 8. The summed E-state index contributed by atoms with van der Waals surface area (Å²) in [5, 5.41) is 8.12. The van der Waals surface area contributed by atoms with Crippen LogP contribution in [0.2, 0.25) is 18.1 Å². The van der Waals surface area contributed by atoms with Crippen molar-refractivity contribution in [3.05, 3.63) is 59.2 Å². The molecule has 1 aromatic carbocycles. The second kappa shape index (κ2) is 16.4. The van der Waals surface area contributed by atoms with Crippen LogP contribution in [0.15, 0.2) is 30.5 Å². The number of nitrogens with one attached hydrogen (secondary N) is 3. The van der Waals surface area contributed by atoms with Crippen LogP contribution >= 0.6 is 0 Å². The molecule has 0 radical (unpaired) electrons. The molecule has 0 bridgehead atoms. The highest BCUT2D eigenvalue weighted by Crippen LogP contribution is 2.43. The molecule has 4 heterocycles. The van der Waals surface area contributed by atoms with Crippen molar-refractivity contribution in [1.29, 1.82) is 0 Å². The monoisotopic (exact) mass is 828 g/mol. The second-order valence-electron chi connectivity index (χ2n) is 18.3. The standard InChI is InChI=1S/C41H55F3N6O7Si/c1-22-20-50(21-29(48-38(53)56-40(5,6)7)34(22)57-58(11,12)41(8,9)10)33-23-16-17-54-36(23)45-19-28(33)46-35(51)32-27(47-37(52)55-39(2,3)4)18-26(44)31(49-32)30-24(42)14-13-15-25(30)43/h13-15,18-19,22,29,34H,16-17,20-21H2,1-12H3,(H,46,51)(H,47,52)(H,48,53)/t22-,29+,34+/m0/s1. The molecule has 5 rings (SSSR count). The van der Waals surface area contributed by atoms with Crippen LogP contribution in [0.5, 0.6) is 5.88 Å². The average molecular weight is 829 g/mol. The fraction of sp³-hybridized carbons (Fsp3) is 0.537. The molecule has 58 heavy (non-hydrogen) atoms. The Morgan fingerprint density at radius 3 is 2.10 bits per heavy atom. The maximum atomic E-state index is 15.7. The van der Waals surface area contributed by atoms with Crippen LogP contribution in [-0.4, -0.2) is 79.4 Å². The smallest absolute Gasteiger partial charge is 0.412 e. The van der Waals surface area contributed by atoms with Crippen molar-refractivity contribution in [2.75, 3.05) is 35.2 Å². The summed E-state index contributed by atoms with van der Waals surface area (Å²) >= 11 is 0. The molecule has 3 aromatic rings. The summed E-state index contributed by atoms with van der Waals surface area (Å²) in [5.74, 6) is -4.18. The molecule has 1 fully saturated rings. The largest absolute Gasteiger partial charge is 0.477 e. The number of amides is 3. The minimum absolute atomic E-state index is 0.121. The highest BCUT2D eigenvalue weighted by atomic mass is 28.4. The van der Waals surface area contributed by atoms with Crippen LogP contribution < -0.4 is 25.6 Å². The number of fused-ring (bicyclic) bond motifs is 1. The molecule has 3 atom stereocenters. The van der Waals surface area contributed by atoms with E-state index >= 15 is 4.39 Å². The first-order chi connectivity index (χ1) is 26.7. The Balaban J connectivity index is 1.58. The number of benzene rings is 1. The van der Waals surface area contributed by atoms with Crippen molar-refractivity contribution >= 4 is 43.5 Å². The second-order valence-corrected chi connectivity index (χ2v) is 23.0. The van der Waals surface area contributed by atoms with Gasteiger partial charge in [-0.3, -0.25) is 10.1 Å². The van der Waals surface area contributed by atoms with Gasteiger partial charge in [0.25, 0.3) is 5.91 Å². The van der Waals surface area contributed by atoms with Gasteiger partial charge in [0.2, 0.25) is 5.88 Å². The van der Waals surface area contributed by atoms with Gasteiger partial charge in [-0.25, -0.2) is 32.7 Å². The van der Waals surface area contributed by atoms with E-state index in [0.29, 0.717) is 36.7 Å². The molecular weight excluding hydrogens is 774 g/mol. The van der Waals surface area contributed by atoms with Crippen LogP contribution in [0.1, 0.15) is 85.3 Å². The Labute approximate surface area is 338 Å². The summed E-state index contributed by atoms with van der Waals surface area (Å²) in [6.07, 6.45) is -0.182. The SMILES string of the molecule is C[C@H]1CN(c2c(NC(=O)c3nc(-c4c(F)cccc4F)c(F)cc3NC(=O)OC(C)(C)C)cnc3c2CCO3)C[C@@H](NC(=O)OC(C)(C)C)[C@@H]1O[Si](C)(C)C(C)(C)C. The van der Waals surface area contributed by atoms with E-state index in [2.05, 4.69) is 59.8 Å². The number of aromatic nitrogens is 2. The molecule has 3 N–H and O–H groups in total. The van der Waals surface area contributed by atoms with Crippen molar-refractivity contribution in [3.8, 4) is 17.1 Å². The molecule has 316 valence electrons. The van der Waals surface area contributed by atoms with Crippen LogP contribution in [0, 0.1) is 23.4 Å². The van der Waals surface area contributed by atoms with E-state index in [1.807, 2.05) is 11.8 Å². The maximum Gasteiger partial charge on any atom is 0.412 e. The highest BCUT2D eigenvalue weighted by Gasteiger charge is 2.46. The quantitative estimate of drug-likeness (QED) is 0.188. The molecule has 0 saturated carbocycles. The van der Waals surface area contributed by atoms with Crippen molar-refractivity contribution in [2.45, 2.75) is 117 Å². The molecular formula is C41H55F3N6O7Si. The van der Waals surface area contributed by atoms with Gasteiger partial charge in [-0.15, -0.1) is 0 Å². The third kappa shape index (κ3) is 10.2. The molecule has 13 nitrogen and oxygen atoms in total. The topological polar surface area (TPSA) is 153 Å². The molecule has 0 aliphatic carbocycles. The molecule has 17 heteroatoms. The summed E-state index contributed by atoms with van der Waals surface area (Å²) in [5.41, 5.74) is -2.84. The number of piperidine rings is 1. The van der Waals surface area contributed by atoms with Gasteiger partial charge >= 0.3 is 12.2 Å². The van der Waals surface area contributed by atoms with Gasteiger partial charge in [0.15, 0.2) is 19.8 Å². The van der Waals surface area contributed by atoms with Crippen LogP contribution in [0.4, 0.5) is 39.8 Å². The van der Waals surface area contributed by atoms with E-state index in [9.17, 15) is 23.2 Å². The van der Waals surface area contributed by atoms with Crippen molar-refractivity contribution in [3.63, 3.8) is 0 Å². The highest BCUT2D eigenvalue weighted by molar-refractivity contribution is 6.74. The van der Waals surface area contributed by atoms with Crippen LogP contribution in [-0.2, 0) is 20.3 Å². The fourth-order valence-corrected chi connectivity index (χ4v) is 8.01. The van der Waals surface area contributed by atoms with Crippen LogP contribution in [0.25, 0.3) is 11.3 Å². The maximum absolute atomic E-state index is 15.7. The third-order valence-electron chi connectivity index (χ3n) is 10.1. The predicted molar refractivity (Wildman–Crippen MR) is 217 cm³/mol. The Bertz CT molecular complexity index is 2040. The van der Waals surface area contributed by atoms with Gasteiger partial charge in [-0.2, -0.15) is 0 Å². The Kier molecular flexibility index (Phi) is 12.5. The van der Waals surface area contributed by atoms with Gasteiger partial charge in [0.1, 0.15) is 28.5 Å². The number of anilines is 3. The molecule has 0 unspecified atom stereocenters. The van der Waals surface area contributed by atoms with E-state index in [1.54, 1.807) is 41.5 Å².